The number of anilines is 1. The molecule has 1 N–H and O–H groups in total. The van der Waals surface area contributed by atoms with Crippen molar-refractivity contribution in [2.75, 3.05) is 38.4 Å². The summed E-state index contributed by atoms with van der Waals surface area (Å²) in [7, 11) is -1.46. The van der Waals surface area contributed by atoms with Crippen LogP contribution < -0.4 is 5.32 Å². The van der Waals surface area contributed by atoms with Crippen LogP contribution in [0, 0.1) is 0 Å². The standard InChI is InChI=1S/C10H17N3O3S2/c1-16-6-4-11-10-12-8-3-5-13(18(2,14)15)7-9(8)17-10/h3-7H2,1-2H3,(H,11,12). The molecule has 0 fully saturated rings. The van der Waals surface area contributed by atoms with E-state index in [1.54, 1.807) is 7.11 Å². The Balaban J connectivity index is 2.04. The van der Waals surface area contributed by atoms with Crippen LogP contribution in [0.15, 0.2) is 0 Å². The summed E-state index contributed by atoms with van der Waals surface area (Å²) in [6, 6.07) is 0. The van der Waals surface area contributed by atoms with Gasteiger partial charge in [-0.15, -0.1) is 11.3 Å². The van der Waals surface area contributed by atoms with Gasteiger partial charge in [-0.3, -0.25) is 0 Å². The number of sulfonamides is 1. The zero-order valence-electron chi connectivity index (χ0n) is 10.5. The lowest BCUT2D eigenvalue weighted by Gasteiger charge is -2.23. The minimum Gasteiger partial charge on any atom is -0.383 e. The smallest absolute Gasteiger partial charge is 0.211 e. The first-order valence-electron chi connectivity index (χ1n) is 5.67. The van der Waals surface area contributed by atoms with Gasteiger partial charge in [-0.25, -0.2) is 13.4 Å². The Bertz CT molecular complexity index is 512. The van der Waals surface area contributed by atoms with Gasteiger partial charge in [0.25, 0.3) is 0 Å². The second-order valence-electron chi connectivity index (χ2n) is 4.16. The molecule has 0 saturated carbocycles. The largest absolute Gasteiger partial charge is 0.383 e. The zero-order valence-corrected chi connectivity index (χ0v) is 12.1. The lowest BCUT2D eigenvalue weighted by Crippen LogP contribution is -2.34. The van der Waals surface area contributed by atoms with E-state index < -0.39 is 10.0 Å². The van der Waals surface area contributed by atoms with Crippen LogP contribution in [0.3, 0.4) is 0 Å². The molecule has 0 amide bonds. The molecule has 0 unspecified atom stereocenters. The third kappa shape index (κ3) is 3.19. The highest BCUT2D eigenvalue weighted by atomic mass is 32.2. The number of ether oxygens (including phenoxy) is 1. The van der Waals surface area contributed by atoms with Crippen LogP contribution in [0.4, 0.5) is 5.13 Å². The first-order valence-corrected chi connectivity index (χ1v) is 8.33. The van der Waals surface area contributed by atoms with Gasteiger partial charge in [0, 0.05) is 38.0 Å². The van der Waals surface area contributed by atoms with Gasteiger partial charge in [0.15, 0.2) is 5.13 Å². The number of nitrogens with one attached hydrogen (secondary N) is 1. The molecule has 6 nitrogen and oxygen atoms in total. The van der Waals surface area contributed by atoms with Gasteiger partial charge in [0.1, 0.15) is 0 Å². The highest BCUT2D eigenvalue weighted by Crippen LogP contribution is 2.28. The van der Waals surface area contributed by atoms with Gasteiger partial charge in [-0.2, -0.15) is 4.31 Å². The van der Waals surface area contributed by atoms with E-state index in [0.717, 1.165) is 15.7 Å². The maximum absolute atomic E-state index is 11.5. The fraction of sp³-hybridized carbons (Fsp3) is 0.700. The number of hydrogen-bond acceptors (Lipinski definition) is 6. The normalized spacial score (nSPS) is 16.6. The van der Waals surface area contributed by atoms with Crippen molar-refractivity contribution < 1.29 is 13.2 Å². The average Bonchev–Trinajstić information content (AvgIpc) is 2.69. The van der Waals surface area contributed by atoms with E-state index in [1.165, 1.54) is 21.9 Å². The summed E-state index contributed by atoms with van der Waals surface area (Å²) in [5.74, 6) is 0. The molecule has 0 spiro atoms. The number of fused-ring (bicyclic) bond motifs is 1. The van der Waals surface area contributed by atoms with Crippen molar-refractivity contribution in [2.24, 2.45) is 0 Å². The minimum absolute atomic E-state index is 0.442. The number of nitrogens with zero attached hydrogens (tertiary/aromatic N) is 2. The minimum atomic E-state index is -3.11. The first kappa shape index (κ1) is 13.7. The Morgan fingerprint density at radius 1 is 1.56 bits per heavy atom. The van der Waals surface area contributed by atoms with Crippen LogP contribution in [0.25, 0.3) is 0 Å². The molecule has 2 rings (SSSR count). The molecule has 0 saturated heterocycles. The van der Waals surface area contributed by atoms with E-state index >= 15 is 0 Å². The number of methoxy groups -OCH3 is 1. The molecule has 2 heterocycles. The van der Waals surface area contributed by atoms with Crippen molar-refractivity contribution in [3.8, 4) is 0 Å². The van der Waals surface area contributed by atoms with Crippen LogP contribution in [-0.4, -0.2) is 50.8 Å². The van der Waals surface area contributed by atoms with E-state index in [2.05, 4.69) is 10.3 Å². The first-order chi connectivity index (χ1) is 8.50. The lowest BCUT2D eigenvalue weighted by atomic mass is 10.2. The predicted molar refractivity (Wildman–Crippen MR) is 71.4 cm³/mol. The van der Waals surface area contributed by atoms with Crippen molar-refractivity contribution >= 4 is 26.5 Å². The third-order valence-electron chi connectivity index (χ3n) is 2.75. The van der Waals surface area contributed by atoms with Gasteiger partial charge >= 0.3 is 0 Å². The summed E-state index contributed by atoms with van der Waals surface area (Å²) in [5.41, 5.74) is 1.01. The van der Waals surface area contributed by atoms with Crippen LogP contribution in [-0.2, 0) is 27.7 Å². The second-order valence-corrected chi connectivity index (χ2v) is 7.22. The molecule has 1 aliphatic heterocycles. The molecule has 1 aromatic heterocycles. The Morgan fingerprint density at radius 3 is 3.00 bits per heavy atom. The molecule has 8 heteroatoms. The van der Waals surface area contributed by atoms with Gasteiger partial charge in [-0.05, 0) is 0 Å². The molecular weight excluding hydrogens is 274 g/mol. The van der Waals surface area contributed by atoms with Crippen LogP contribution in [0.5, 0.6) is 0 Å². The fourth-order valence-electron chi connectivity index (χ4n) is 1.79. The Morgan fingerprint density at radius 2 is 2.33 bits per heavy atom. The summed E-state index contributed by atoms with van der Waals surface area (Å²) in [4.78, 5) is 5.50. The molecule has 0 bridgehead atoms. The molecule has 18 heavy (non-hydrogen) atoms. The van der Waals surface area contributed by atoms with Crippen molar-refractivity contribution in [1.82, 2.24) is 9.29 Å². The Labute approximate surface area is 111 Å². The molecule has 0 aromatic carbocycles. The van der Waals surface area contributed by atoms with Crippen LogP contribution in [0.2, 0.25) is 0 Å². The number of hydrogen-bond donors (Lipinski definition) is 1. The summed E-state index contributed by atoms with van der Waals surface area (Å²) in [6.07, 6.45) is 1.93. The topological polar surface area (TPSA) is 71.5 Å². The Hall–Kier alpha value is -0.700. The summed E-state index contributed by atoms with van der Waals surface area (Å²) in [5, 5.41) is 4.01. The lowest BCUT2D eigenvalue weighted by molar-refractivity contribution is 0.211. The van der Waals surface area contributed by atoms with Crippen molar-refractivity contribution in [1.29, 1.82) is 0 Å². The van der Waals surface area contributed by atoms with Crippen molar-refractivity contribution in [2.45, 2.75) is 13.0 Å². The SMILES string of the molecule is COCCNc1nc2c(s1)CN(S(C)(=O)=O)CC2. The van der Waals surface area contributed by atoms with Gasteiger partial charge in [-0.1, -0.05) is 0 Å². The van der Waals surface area contributed by atoms with Gasteiger partial charge in [0.05, 0.1) is 18.6 Å². The summed E-state index contributed by atoms with van der Waals surface area (Å²) < 4.78 is 29.4. The molecule has 1 aromatic rings. The van der Waals surface area contributed by atoms with E-state index in [-0.39, 0.29) is 0 Å². The van der Waals surface area contributed by atoms with Gasteiger partial charge < -0.3 is 10.1 Å². The highest BCUT2D eigenvalue weighted by molar-refractivity contribution is 7.88. The average molecular weight is 291 g/mol. The third-order valence-corrected chi connectivity index (χ3v) is 5.04. The van der Waals surface area contributed by atoms with E-state index in [9.17, 15) is 8.42 Å². The molecular formula is C10H17N3O3S2. The highest BCUT2D eigenvalue weighted by Gasteiger charge is 2.25. The second kappa shape index (κ2) is 5.52. The van der Waals surface area contributed by atoms with Gasteiger partial charge in [0.2, 0.25) is 10.0 Å². The van der Waals surface area contributed by atoms with E-state index in [1.807, 2.05) is 0 Å². The quantitative estimate of drug-likeness (QED) is 0.801. The fourth-order valence-corrected chi connectivity index (χ4v) is 3.71. The molecule has 0 atom stereocenters. The number of rotatable bonds is 5. The number of aromatic nitrogens is 1. The zero-order chi connectivity index (χ0) is 13.2. The predicted octanol–water partition coefficient (Wildman–Crippen LogP) is 0.519. The van der Waals surface area contributed by atoms with Crippen molar-refractivity contribution in [3.63, 3.8) is 0 Å². The Kier molecular flexibility index (Phi) is 4.21. The van der Waals surface area contributed by atoms with E-state index in [0.29, 0.717) is 32.7 Å². The number of thiazole rings is 1. The summed E-state index contributed by atoms with van der Waals surface area (Å²) >= 11 is 1.52. The molecule has 0 radical (unpaired) electrons. The molecule has 0 aliphatic carbocycles. The maximum Gasteiger partial charge on any atom is 0.211 e. The monoisotopic (exact) mass is 291 g/mol. The van der Waals surface area contributed by atoms with Crippen LogP contribution >= 0.6 is 11.3 Å². The maximum atomic E-state index is 11.5. The van der Waals surface area contributed by atoms with Crippen molar-refractivity contribution in [3.05, 3.63) is 10.6 Å². The van der Waals surface area contributed by atoms with E-state index in [4.69, 9.17) is 4.74 Å². The van der Waals surface area contributed by atoms with Crippen LogP contribution in [0.1, 0.15) is 10.6 Å². The summed E-state index contributed by atoms with van der Waals surface area (Å²) in [6.45, 7) is 2.29. The molecule has 102 valence electrons. The molecule has 1 aliphatic rings.